The number of carbonyl (C=O) groups excluding carboxylic acids is 2. The second kappa shape index (κ2) is 7.46. The summed E-state index contributed by atoms with van der Waals surface area (Å²) in [6.45, 7) is 2.26. The lowest BCUT2D eigenvalue weighted by Crippen LogP contribution is -2.51. The molecule has 1 atom stereocenters. The van der Waals surface area contributed by atoms with Crippen molar-refractivity contribution in [3.63, 3.8) is 0 Å². The van der Waals surface area contributed by atoms with Gasteiger partial charge in [0.15, 0.2) is 0 Å². The largest absolute Gasteiger partial charge is 0.497 e. The molecule has 0 bridgehead atoms. The Kier molecular flexibility index (Phi) is 5.60. The number of likely N-dealkylation sites (tertiary alicyclic amines) is 1. The third-order valence-electron chi connectivity index (χ3n) is 4.38. The zero-order valence-corrected chi connectivity index (χ0v) is 13.7. The molecule has 1 aliphatic rings. The molecule has 0 saturated carbocycles. The van der Waals surface area contributed by atoms with Crippen molar-refractivity contribution in [1.29, 1.82) is 0 Å². The van der Waals surface area contributed by atoms with Crippen LogP contribution in [0.4, 0.5) is 0 Å². The lowest BCUT2D eigenvalue weighted by atomic mass is 9.92. The van der Waals surface area contributed by atoms with Crippen LogP contribution in [-0.2, 0) is 16.1 Å². The minimum Gasteiger partial charge on any atom is -0.497 e. The van der Waals surface area contributed by atoms with E-state index in [1.807, 2.05) is 24.3 Å². The van der Waals surface area contributed by atoms with Gasteiger partial charge < -0.3 is 20.1 Å². The predicted octanol–water partition coefficient (Wildman–Crippen LogP) is 1.07. The molecule has 0 unspecified atom stereocenters. The first kappa shape index (κ1) is 17.3. The number of hydrogen-bond acceptors (Lipinski definition) is 4. The molecule has 2 amide bonds. The standard InChI is InChI=1S/C17H24N2O4/c1-13(21)19-8-4-7-17(19,12-20)10-16(22)18-11-14-5-3-6-15(9-14)23-2/h3,5-6,9,20H,4,7-8,10-12H2,1-2H3,(H,18,22)/t17-/m0/s1. The van der Waals surface area contributed by atoms with Gasteiger partial charge in [0.05, 0.1) is 25.7 Å². The number of hydrogen-bond donors (Lipinski definition) is 2. The first-order chi connectivity index (χ1) is 11.0. The van der Waals surface area contributed by atoms with Gasteiger partial charge in [-0.3, -0.25) is 9.59 Å². The van der Waals surface area contributed by atoms with E-state index in [2.05, 4.69) is 5.32 Å². The highest BCUT2D eigenvalue weighted by Gasteiger charge is 2.43. The summed E-state index contributed by atoms with van der Waals surface area (Å²) in [4.78, 5) is 25.6. The van der Waals surface area contributed by atoms with Gasteiger partial charge in [0.1, 0.15) is 5.75 Å². The molecule has 0 radical (unpaired) electrons. The molecular weight excluding hydrogens is 296 g/mol. The molecule has 23 heavy (non-hydrogen) atoms. The predicted molar refractivity (Wildman–Crippen MR) is 85.9 cm³/mol. The number of carbonyl (C=O) groups is 2. The number of rotatable bonds is 6. The van der Waals surface area contributed by atoms with Crippen LogP contribution in [0.3, 0.4) is 0 Å². The first-order valence-electron chi connectivity index (χ1n) is 7.79. The van der Waals surface area contributed by atoms with E-state index in [4.69, 9.17) is 4.74 Å². The zero-order valence-electron chi connectivity index (χ0n) is 13.7. The molecule has 6 heteroatoms. The van der Waals surface area contributed by atoms with Crippen LogP contribution in [0.25, 0.3) is 0 Å². The Balaban J connectivity index is 1.96. The van der Waals surface area contributed by atoms with Gasteiger partial charge in [-0.15, -0.1) is 0 Å². The third-order valence-corrected chi connectivity index (χ3v) is 4.38. The average molecular weight is 320 g/mol. The molecule has 1 aromatic rings. The average Bonchev–Trinajstić information content (AvgIpc) is 2.97. The van der Waals surface area contributed by atoms with Crippen LogP contribution >= 0.6 is 0 Å². The Morgan fingerprint density at radius 3 is 2.87 bits per heavy atom. The van der Waals surface area contributed by atoms with Gasteiger partial charge in [-0.25, -0.2) is 0 Å². The fourth-order valence-corrected chi connectivity index (χ4v) is 3.18. The summed E-state index contributed by atoms with van der Waals surface area (Å²) >= 11 is 0. The molecule has 0 aromatic heterocycles. The van der Waals surface area contributed by atoms with Gasteiger partial charge in [0, 0.05) is 20.0 Å². The van der Waals surface area contributed by atoms with Crippen molar-refractivity contribution in [3.8, 4) is 5.75 Å². The number of aliphatic hydroxyl groups is 1. The van der Waals surface area contributed by atoms with Gasteiger partial charge in [0.25, 0.3) is 0 Å². The first-order valence-corrected chi connectivity index (χ1v) is 7.79. The number of ether oxygens (including phenoxy) is 1. The van der Waals surface area contributed by atoms with E-state index < -0.39 is 5.54 Å². The molecule has 1 saturated heterocycles. The normalized spacial score (nSPS) is 20.4. The summed E-state index contributed by atoms with van der Waals surface area (Å²) in [6, 6.07) is 7.47. The van der Waals surface area contributed by atoms with Crippen molar-refractivity contribution in [2.75, 3.05) is 20.3 Å². The lowest BCUT2D eigenvalue weighted by molar-refractivity contribution is -0.137. The Morgan fingerprint density at radius 2 is 2.22 bits per heavy atom. The van der Waals surface area contributed by atoms with E-state index in [0.717, 1.165) is 17.7 Å². The van der Waals surface area contributed by atoms with E-state index in [0.29, 0.717) is 19.5 Å². The van der Waals surface area contributed by atoms with Crippen LogP contribution in [0.2, 0.25) is 0 Å². The maximum absolute atomic E-state index is 12.3. The van der Waals surface area contributed by atoms with Gasteiger partial charge in [0.2, 0.25) is 11.8 Å². The highest BCUT2D eigenvalue weighted by molar-refractivity contribution is 5.80. The van der Waals surface area contributed by atoms with E-state index in [9.17, 15) is 14.7 Å². The van der Waals surface area contributed by atoms with E-state index in [-0.39, 0.29) is 24.8 Å². The molecule has 1 heterocycles. The molecule has 0 spiro atoms. The maximum Gasteiger partial charge on any atom is 0.222 e. The highest BCUT2D eigenvalue weighted by atomic mass is 16.5. The number of nitrogens with zero attached hydrogens (tertiary/aromatic N) is 1. The van der Waals surface area contributed by atoms with Crippen LogP contribution in [0, 0.1) is 0 Å². The molecule has 6 nitrogen and oxygen atoms in total. The molecule has 1 aliphatic heterocycles. The second-order valence-corrected chi connectivity index (χ2v) is 5.96. The van der Waals surface area contributed by atoms with Crippen molar-refractivity contribution >= 4 is 11.8 Å². The fraction of sp³-hybridized carbons (Fsp3) is 0.529. The Morgan fingerprint density at radius 1 is 1.43 bits per heavy atom. The van der Waals surface area contributed by atoms with Gasteiger partial charge >= 0.3 is 0 Å². The molecule has 2 N–H and O–H groups in total. The quantitative estimate of drug-likeness (QED) is 0.822. The number of benzene rings is 1. The van der Waals surface area contributed by atoms with Crippen LogP contribution in [0.1, 0.15) is 31.7 Å². The summed E-state index contributed by atoms with van der Waals surface area (Å²) in [5, 5.41) is 12.6. The van der Waals surface area contributed by atoms with Crippen LogP contribution in [0.15, 0.2) is 24.3 Å². The second-order valence-electron chi connectivity index (χ2n) is 5.96. The van der Waals surface area contributed by atoms with Crippen molar-refractivity contribution < 1.29 is 19.4 Å². The van der Waals surface area contributed by atoms with E-state index in [1.165, 1.54) is 6.92 Å². The maximum atomic E-state index is 12.3. The molecule has 0 aliphatic carbocycles. The minimum atomic E-state index is -0.760. The van der Waals surface area contributed by atoms with Gasteiger partial charge in [-0.1, -0.05) is 12.1 Å². The topological polar surface area (TPSA) is 78.9 Å². The zero-order chi connectivity index (χ0) is 16.9. The lowest BCUT2D eigenvalue weighted by Gasteiger charge is -2.36. The SMILES string of the molecule is COc1cccc(CNC(=O)C[C@]2(CO)CCCN2C(C)=O)c1. The van der Waals surface area contributed by atoms with E-state index in [1.54, 1.807) is 12.0 Å². The summed E-state index contributed by atoms with van der Waals surface area (Å²) in [5.41, 5.74) is 0.176. The van der Waals surface area contributed by atoms with Gasteiger partial charge in [-0.2, -0.15) is 0 Å². The number of nitrogens with one attached hydrogen (secondary N) is 1. The van der Waals surface area contributed by atoms with Crippen LogP contribution in [-0.4, -0.2) is 47.6 Å². The van der Waals surface area contributed by atoms with Crippen LogP contribution in [0.5, 0.6) is 5.75 Å². The van der Waals surface area contributed by atoms with Crippen molar-refractivity contribution in [2.45, 2.75) is 38.3 Å². The Labute approximate surface area is 136 Å². The van der Waals surface area contributed by atoms with Crippen molar-refractivity contribution in [2.24, 2.45) is 0 Å². The highest BCUT2D eigenvalue weighted by Crippen LogP contribution is 2.32. The summed E-state index contributed by atoms with van der Waals surface area (Å²) in [6.07, 6.45) is 1.58. The van der Waals surface area contributed by atoms with Crippen LogP contribution < -0.4 is 10.1 Å². The molecule has 1 fully saturated rings. The van der Waals surface area contributed by atoms with Crippen molar-refractivity contribution in [3.05, 3.63) is 29.8 Å². The number of amides is 2. The van der Waals surface area contributed by atoms with E-state index >= 15 is 0 Å². The van der Waals surface area contributed by atoms with Gasteiger partial charge in [-0.05, 0) is 30.5 Å². The third kappa shape index (κ3) is 4.01. The Hall–Kier alpha value is -2.08. The summed E-state index contributed by atoms with van der Waals surface area (Å²) in [5.74, 6) is 0.467. The summed E-state index contributed by atoms with van der Waals surface area (Å²) < 4.78 is 5.15. The number of methoxy groups -OCH3 is 1. The fourth-order valence-electron chi connectivity index (χ4n) is 3.18. The molecule has 126 valence electrons. The monoisotopic (exact) mass is 320 g/mol. The molecule has 2 rings (SSSR count). The summed E-state index contributed by atoms with van der Waals surface area (Å²) in [7, 11) is 1.60. The number of aliphatic hydroxyl groups excluding tert-OH is 1. The van der Waals surface area contributed by atoms with Crippen molar-refractivity contribution in [1.82, 2.24) is 10.2 Å². The molecule has 1 aromatic carbocycles. The minimum absolute atomic E-state index is 0.0999. The smallest absolute Gasteiger partial charge is 0.222 e. The Bertz CT molecular complexity index is 575. The molecular formula is C17H24N2O4.